The van der Waals surface area contributed by atoms with Gasteiger partial charge in [0.1, 0.15) is 6.04 Å². The first-order chi connectivity index (χ1) is 7.36. The number of hydrogen-bond donors (Lipinski definition) is 2. The Balaban J connectivity index is 1.74. The molecule has 2 unspecified atom stereocenters. The predicted octanol–water partition coefficient (Wildman–Crippen LogP) is -0.730. The van der Waals surface area contributed by atoms with Crippen molar-refractivity contribution in [2.24, 2.45) is 0 Å². The van der Waals surface area contributed by atoms with E-state index in [1.165, 1.54) is 0 Å². The van der Waals surface area contributed by atoms with Crippen molar-refractivity contribution in [3.8, 4) is 0 Å². The Bertz CT molecular complexity index is 211. The van der Waals surface area contributed by atoms with Crippen LogP contribution in [0.2, 0.25) is 0 Å². The quantitative estimate of drug-likeness (QED) is 0.636. The fraction of sp³-hybridized carbons (Fsp3) is 0.900. The van der Waals surface area contributed by atoms with Crippen molar-refractivity contribution >= 4 is 5.91 Å². The van der Waals surface area contributed by atoms with Gasteiger partial charge in [0.05, 0.1) is 25.9 Å². The highest BCUT2D eigenvalue weighted by atomic mass is 16.5. The molecule has 2 aliphatic heterocycles. The number of hydrogen-bond acceptors (Lipinski definition) is 4. The highest BCUT2D eigenvalue weighted by Gasteiger charge is 2.24. The lowest BCUT2D eigenvalue weighted by Gasteiger charge is -2.27. The average molecular weight is 214 g/mol. The molecular weight excluding hydrogens is 196 g/mol. The molecule has 2 atom stereocenters. The van der Waals surface area contributed by atoms with E-state index in [0.29, 0.717) is 19.8 Å². The topological polar surface area (TPSA) is 59.6 Å². The molecule has 2 aliphatic rings. The average Bonchev–Trinajstić information content (AvgIpc) is 2.31. The van der Waals surface area contributed by atoms with Crippen molar-refractivity contribution in [3.63, 3.8) is 0 Å². The summed E-state index contributed by atoms with van der Waals surface area (Å²) in [5.74, 6) is 0.0326. The van der Waals surface area contributed by atoms with E-state index < -0.39 is 0 Å². The van der Waals surface area contributed by atoms with Crippen molar-refractivity contribution < 1.29 is 14.3 Å². The highest BCUT2D eigenvalue weighted by Crippen LogP contribution is 2.06. The molecule has 15 heavy (non-hydrogen) atoms. The summed E-state index contributed by atoms with van der Waals surface area (Å²) in [5, 5.41) is 6.11. The van der Waals surface area contributed by atoms with Crippen molar-refractivity contribution in [3.05, 3.63) is 0 Å². The third kappa shape index (κ3) is 3.15. The number of morpholine rings is 1. The van der Waals surface area contributed by atoms with Gasteiger partial charge >= 0.3 is 0 Å². The van der Waals surface area contributed by atoms with E-state index in [1.54, 1.807) is 0 Å². The van der Waals surface area contributed by atoms with Gasteiger partial charge in [0, 0.05) is 13.2 Å². The number of nitrogens with one attached hydrogen (secondary N) is 2. The molecule has 0 spiro atoms. The molecule has 0 aromatic carbocycles. The number of ether oxygens (including phenoxy) is 2. The molecule has 5 nitrogen and oxygen atoms in total. The van der Waals surface area contributed by atoms with Gasteiger partial charge < -0.3 is 20.1 Å². The molecule has 2 fully saturated rings. The van der Waals surface area contributed by atoms with E-state index in [-0.39, 0.29) is 18.0 Å². The molecule has 2 N–H and O–H groups in total. The van der Waals surface area contributed by atoms with Crippen LogP contribution in [0.4, 0.5) is 0 Å². The smallest absolute Gasteiger partial charge is 0.239 e. The third-order valence-corrected chi connectivity index (χ3v) is 2.74. The van der Waals surface area contributed by atoms with E-state index in [4.69, 9.17) is 9.47 Å². The van der Waals surface area contributed by atoms with Crippen LogP contribution in [-0.4, -0.2) is 51.0 Å². The maximum Gasteiger partial charge on any atom is 0.239 e. The SMILES string of the molecule is O=C(NC1CCCOC1)C1COCCN1. The number of carbonyl (C=O) groups excluding carboxylic acids is 1. The maximum atomic E-state index is 11.8. The Kier molecular flexibility index (Phi) is 3.94. The fourth-order valence-corrected chi connectivity index (χ4v) is 1.89. The summed E-state index contributed by atoms with van der Waals surface area (Å²) in [7, 11) is 0. The zero-order valence-electron chi connectivity index (χ0n) is 8.83. The first-order valence-corrected chi connectivity index (χ1v) is 5.55. The Morgan fingerprint density at radius 2 is 2.13 bits per heavy atom. The van der Waals surface area contributed by atoms with Gasteiger partial charge in [0.25, 0.3) is 0 Å². The summed E-state index contributed by atoms with van der Waals surface area (Å²) >= 11 is 0. The maximum absolute atomic E-state index is 11.8. The molecule has 0 radical (unpaired) electrons. The van der Waals surface area contributed by atoms with Crippen LogP contribution in [0.25, 0.3) is 0 Å². The van der Waals surface area contributed by atoms with Crippen LogP contribution in [0.5, 0.6) is 0 Å². The van der Waals surface area contributed by atoms with Crippen LogP contribution < -0.4 is 10.6 Å². The summed E-state index contributed by atoms with van der Waals surface area (Å²) in [6, 6.07) is -0.0179. The fourth-order valence-electron chi connectivity index (χ4n) is 1.89. The van der Waals surface area contributed by atoms with Crippen LogP contribution in [-0.2, 0) is 14.3 Å². The minimum absolute atomic E-state index is 0.0326. The highest BCUT2D eigenvalue weighted by molar-refractivity contribution is 5.82. The van der Waals surface area contributed by atoms with Crippen LogP contribution in [0.15, 0.2) is 0 Å². The van der Waals surface area contributed by atoms with Gasteiger partial charge in [-0.15, -0.1) is 0 Å². The monoisotopic (exact) mass is 214 g/mol. The van der Waals surface area contributed by atoms with Gasteiger partial charge in [0.2, 0.25) is 5.91 Å². The lowest BCUT2D eigenvalue weighted by atomic mass is 10.1. The van der Waals surface area contributed by atoms with E-state index in [2.05, 4.69) is 10.6 Å². The van der Waals surface area contributed by atoms with E-state index in [9.17, 15) is 4.79 Å². The number of amides is 1. The van der Waals surface area contributed by atoms with Crippen molar-refractivity contribution in [2.45, 2.75) is 24.9 Å². The summed E-state index contributed by atoms with van der Waals surface area (Å²) in [6.07, 6.45) is 2.04. The molecule has 0 aromatic heterocycles. The van der Waals surface area contributed by atoms with Gasteiger partial charge in [-0.05, 0) is 12.8 Å². The van der Waals surface area contributed by atoms with Crippen molar-refractivity contribution in [1.82, 2.24) is 10.6 Å². The minimum Gasteiger partial charge on any atom is -0.379 e. The van der Waals surface area contributed by atoms with Crippen molar-refractivity contribution in [2.75, 3.05) is 33.0 Å². The zero-order valence-corrected chi connectivity index (χ0v) is 8.83. The third-order valence-electron chi connectivity index (χ3n) is 2.74. The Morgan fingerprint density at radius 1 is 1.27 bits per heavy atom. The van der Waals surface area contributed by atoms with Gasteiger partial charge in [0.15, 0.2) is 0 Å². The molecule has 0 saturated carbocycles. The largest absolute Gasteiger partial charge is 0.379 e. The molecule has 0 aliphatic carbocycles. The molecule has 2 heterocycles. The molecule has 0 aromatic rings. The number of rotatable bonds is 2. The Labute approximate surface area is 89.5 Å². The molecule has 0 bridgehead atoms. The minimum atomic E-state index is -0.194. The van der Waals surface area contributed by atoms with Crippen LogP contribution in [0.1, 0.15) is 12.8 Å². The number of carbonyl (C=O) groups is 1. The summed E-state index contributed by atoms with van der Waals surface area (Å²) in [4.78, 5) is 11.8. The normalized spacial score (nSPS) is 32.3. The Hall–Kier alpha value is -0.650. The second-order valence-electron chi connectivity index (χ2n) is 4.00. The first kappa shape index (κ1) is 10.9. The standard InChI is InChI=1S/C10H18N2O3/c13-10(9-7-15-5-3-11-9)12-8-2-1-4-14-6-8/h8-9,11H,1-7H2,(H,12,13). The molecule has 5 heteroatoms. The predicted molar refractivity (Wildman–Crippen MR) is 54.6 cm³/mol. The second kappa shape index (κ2) is 5.44. The van der Waals surface area contributed by atoms with E-state index >= 15 is 0 Å². The van der Waals surface area contributed by atoms with Gasteiger partial charge in [-0.3, -0.25) is 4.79 Å². The lowest BCUT2D eigenvalue weighted by molar-refractivity contribution is -0.127. The van der Waals surface area contributed by atoms with Crippen LogP contribution >= 0.6 is 0 Å². The van der Waals surface area contributed by atoms with Crippen molar-refractivity contribution in [1.29, 1.82) is 0 Å². The summed E-state index contributed by atoms with van der Waals surface area (Å²) in [6.45, 7) is 3.37. The van der Waals surface area contributed by atoms with E-state index in [0.717, 1.165) is 26.0 Å². The van der Waals surface area contributed by atoms with Crippen LogP contribution in [0, 0.1) is 0 Å². The molecular formula is C10H18N2O3. The molecule has 2 saturated heterocycles. The van der Waals surface area contributed by atoms with Gasteiger partial charge in [-0.25, -0.2) is 0 Å². The van der Waals surface area contributed by atoms with E-state index in [1.807, 2.05) is 0 Å². The van der Waals surface area contributed by atoms with Crippen LogP contribution in [0.3, 0.4) is 0 Å². The second-order valence-corrected chi connectivity index (χ2v) is 4.00. The summed E-state index contributed by atoms with van der Waals surface area (Å²) < 4.78 is 10.5. The molecule has 1 amide bonds. The molecule has 2 rings (SSSR count). The lowest BCUT2D eigenvalue weighted by Crippen LogP contribution is -2.54. The molecule has 86 valence electrons. The first-order valence-electron chi connectivity index (χ1n) is 5.55. The zero-order chi connectivity index (χ0) is 10.5. The summed E-state index contributed by atoms with van der Waals surface area (Å²) in [5.41, 5.74) is 0. The van der Waals surface area contributed by atoms with Gasteiger partial charge in [-0.2, -0.15) is 0 Å². The Morgan fingerprint density at radius 3 is 2.80 bits per heavy atom. The van der Waals surface area contributed by atoms with Gasteiger partial charge in [-0.1, -0.05) is 0 Å².